The Morgan fingerprint density at radius 2 is 1.77 bits per heavy atom. The summed E-state index contributed by atoms with van der Waals surface area (Å²) in [7, 11) is 0. The van der Waals surface area contributed by atoms with Crippen LogP contribution in [0.2, 0.25) is 5.02 Å². The second-order valence-corrected chi connectivity index (χ2v) is 8.18. The van der Waals surface area contributed by atoms with Gasteiger partial charge in [0.25, 0.3) is 0 Å². The summed E-state index contributed by atoms with van der Waals surface area (Å²) in [4.78, 5) is 28.1. The molecule has 0 saturated carbocycles. The highest BCUT2D eigenvalue weighted by molar-refractivity contribution is 6.30. The van der Waals surface area contributed by atoms with Gasteiger partial charge in [0.1, 0.15) is 11.5 Å². The average Bonchev–Trinajstić information content (AvgIpc) is 2.59. The highest BCUT2D eigenvalue weighted by Crippen LogP contribution is 2.22. The first-order chi connectivity index (χ1) is 12.2. The van der Waals surface area contributed by atoms with Crippen LogP contribution < -0.4 is 0 Å². The van der Waals surface area contributed by atoms with E-state index in [1.807, 2.05) is 49.9 Å². The molecule has 2 amide bonds. The zero-order valence-electron chi connectivity index (χ0n) is 15.5. The van der Waals surface area contributed by atoms with Gasteiger partial charge < -0.3 is 14.5 Å². The number of amides is 2. The third-order valence-electron chi connectivity index (χ3n) is 4.26. The standard InChI is InChI=1S/C19H26Cl2N2O3/c1-19(2,3)26-18(25)22-10-8-16(9-11-22)23(17(24)12-20)13-14-4-6-15(21)7-5-14/h4-7,16H,8-13H2,1-3H3. The molecule has 0 atom stereocenters. The van der Waals surface area contributed by atoms with Crippen LogP contribution in [0.3, 0.4) is 0 Å². The zero-order valence-corrected chi connectivity index (χ0v) is 17.0. The SMILES string of the molecule is CC(C)(C)OC(=O)N1CCC(N(Cc2ccc(Cl)cc2)C(=O)CCl)CC1. The van der Waals surface area contributed by atoms with Crippen LogP contribution in [0, 0.1) is 0 Å². The molecule has 144 valence electrons. The fourth-order valence-corrected chi connectivity index (χ4v) is 3.25. The molecule has 0 aromatic heterocycles. The Bertz CT molecular complexity index is 621. The average molecular weight is 401 g/mol. The van der Waals surface area contributed by atoms with E-state index in [0.29, 0.717) is 37.5 Å². The van der Waals surface area contributed by atoms with E-state index in [-0.39, 0.29) is 23.9 Å². The maximum absolute atomic E-state index is 12.3. The summed E-state index contributed by atoms with van der Waals surface area (Å²) in [6.07, 6.45) is 1.11. The van der Waals surface area contributed by atoms with Gasteiger partial charge in [0, 0.05) is 30.7 Å². The number of likely N-dealkylation sites (tertiary alicyclic amines) is 1. The number of benzene rings is 1. The quantitative estimate of drug-likeness (QED) is 0.707. The number of hydrogen-bond donors (Lipinski definition) is 0. The Morgan fingerprint density at radius 3 is 2.27 bits per heavy atom. The molecular formula is C19H26Cl2N2O3. The minimum absolute atomic E-state index is 0.0515. The summed E-state index contributed by atoms with van der Waals surface area (Å²) in [6, 6.07) is 7.49. The molecule has 1 aliphatic rings. The summed E-state index contributed by atoms with van der Waals surface area (Å²) >= 11 is 11.7. The summed E-state index contributed by atoms with van der Waals surface area (Å²) in [5, 5.41) is 0.662. The van der Waals surface area contributed by atoms with E-state index in [4.69, 9.17) is 27.9 Å². The molecule has 0 spiro atoms. The van der Waals surface area contributed by atoms with Crippen LogP contribution in [0.25, 0.3) is 0 Å². The van der Waals surface area contributed by atoms with Gasteiger partial charge in [-0.15, -0.1) is 11.6 Å². The Morgan fingerprint density at radius 1 is 1.19 bits per heavy atom. The molecule has 1 aliphatic heterocycles. The van der Waals surface area contributed by atoms with Gasteiger partial charge in [-0.1, -0.05) is 23.7 Å². The van der Waals surface area contributed by atoms with Gasteiger partial charge >= 0.3 is 6.09 Å². The van der Waals surface area contributed by atoms with E-state index < -0.39 is 5.60 Å². The first kappa shape index (κ1) is 20.8. The normalized spacial score (nSPS) is 15.7. The number of alkyl halides is 1. The van der Waals surface area contributed by atoms with Crippen LogP contribution in [-0.2, 0) is 16.1 Å². The largest absolute Gasteiger partial charge is 0.444 e. The first-order valence-corrected chi connectivity index (χ1v) is 9.68. The lowest BCUT2D eigenvalue weighted by molar-refractivity contribution is -0.132. The van der Waals surface area contributed by atoms with E-state index in [0.717, 1.165) is 5.56 Å². The molecule has 0 aliphatic carbocycles. The molecule has 0 unspecified atom stereocenters. The predicted molar refractivity (Wildman–Crippen MR) is 104 cm³/mol. The van der Waals surface area contributed by atoms with Crippen molar-refractivity contribution < 1.29 is 14.3 Å². The summed E-state index contributed by atoms with van der Waals surface area (Å²) in [5.74, 6) is -0.155. The van der Waals surface area contributed by atoms with Crippen molar-refractivity contribution >= 4 is 35.2 Å². The van der Waals surface area contributed by atoms with Crippen molar-refractivity contribution in [2.45, 2.75) is 51.8 Å². The summed E-state index contributed by atoms with van der Waals surface area (Å²) < 4.78 is 5.42. The number of ether oxygens (including phenoxy) is 1. The van der Waals surface area contributed by atoms with Crippen LogP contribution in [0.1, 0.15) is 39.2 Å². The lowest BCUT2D eigenvalue weighted by Gasteiger charge is -2.38. The van der Waals surface area contributed by atoms with Gasteiger partial charge in [-0.25, -0.2) is 4.79 Å². The lowest BCUT2D eigenvalue weighted by Crippen LogP contribution is -2.49. The van der Waals surface area contributed by atoms with Gasteiger partial charge in [0.2, 0.25) is 5.91 Å². The number of carbonyl (C=O) groups is 2. The van der Waals surface area contributed by atoms with Crippen molar-refractivity contribution in [1.82, 2.24) is 9.80 Å². The smallest absolute Gasteiger partial charge is 0.410 e. The molecule has 0 N–H and O–H groups in total. The number of halogens is 2. The first-order valence-electron chi connectivity index (χ1n) is 8.77. The van der Waals surface area contributed by atoms with Crippen molar-refractivity contribution in [2.75, 3.05) is 19.0 Å². The number of hydrogen-bond acceptors (Lipinski definition) is 3. The van der Waals surface area contributed by atoms with E-state index in [2.05, 4.69) is 0 Å². The number of piperidine rings is 1. The Kier molecular flexibility index (Phi) is 7.18. The van der Waals surface area contributed by atoms with E-state index in [9.17, 15) is 9.59 Å². The Hall–Kier alpha value is -1.46. The number of carbonyl (C=O) groups excluding carboxylic acids is 2. The van der Waals surface area contributed by atoms with Crippen molar-refractivity contribution in [3.8, 4) is 0 Å². The molecule has 1 aromatic carbocycles. The van der Waals surface area contributed by atoms with Crippen molar-refractivity contribution in [3.63, 3.8) is 0 Å². The molecule has 1 fully saturated rings. The third kappa shape index (κ3) is 6.06. The Labute approximate surface area is 165 Å². The molecule has 1 aromatic rings. The minimum atomic E-state index is -0.511. The van der Waals surface area contributed by atoms with Crippen LogP contribution in [0.4, 0.5) is 4.79 Å². The Balaban J connectivity index is 1.99. The minimum Gasteiger partial charge on any atom is -0.444 e. The summed E-state index contributed by atoms with van der Waals surface area (Å²) in [5.41, 5.74) is 0.491. The van der Waals surface area contributed by atoms with Crippen molar-refractivity contribution in [2.24, 2.45) is 0 Å². The van der Waals surface area contributed by atoms with Crippen LogP contribution in [0.15, 0.2) is 24.3 Å². The van der Waals surface area contributed by atoms with Gasteiger partial charge in [-0.2, -0.15) is 0 Å². The second-order valence-electron chi connectivity index (χ2n) is 7.48. The lowest BCUT2D eigenvalue weighted by atomic mass is 10.0. The monoisotopic (exact) mass is 400 g/mol. The molecule has 5 nitrogen and oxygen atoms in total. The maximum Gasteiger partial charge on any atom is 0.410 e. The zero-order chi connectivity index (χ0) is 19.3. The van der Waals surface area contributed by atoms with Crippen LogP contribution in [0.5, 0.6) is 0 Å². The fraction of sp³-hybridized carbons (Fsp3) is 0.579. The van der Waals surface area contributed by atoms with E-state index in [1.54, 1.807) is 4.90 Å². The van der Waals surface area contributed by atoms with Crippen molar-refractivity contribution in [1.29, 1.82) is 0 Å². The van der Waals surface area contributed by atoms with E-state index >= 15 is 0 Å². The molecule has 1 heterocycles. The van der Waals surface area contributed by atoms with Gasteiger partial charge in [-0.3, -0.25) is 4.79 Å². The topological polar surface area (TPSA) is 49.9 Å². The van der Waals surface area contributed by atoms with Gasteiger partial charge in [-0.05, 0) is 51.3 Å². The number of nitrogens with zero attached hydrogens (tertiary/aromatic N) is 2. The van der Waals surface area contributed by atoms with Crippen LogP contribution in [-0.4, -0.2) is 52.4 Å². The van der Waals surface area contributed by atoms with E-state index in [1.165, 1.54) is 0 Å². The maximum atomic E-state index is 12.3. The number of rotatable bonds is 4. The van der Waals surface area contributed by atoms with Gasteiger partial charge in [0.05, 0.1) is 0 Å². The molecule has 0 radical (unpaired) electrons. The van der Waals surface area contributed by atoms with Crippen LogP contribution >= 0.6 is 23.2 Å². The van der Waals surface area contributed by atoms with Crippen molar-refractivity contribution in [3.05, 3.63) is 34.9 Å². The molecule has 0 bridgehead atoms. The molecule has 26 heavy (non-hydrogen) atoms. The molecule has 1 saturated heterocycles. The highest BCUT2D eigenvalue weighted by atomic mass is 35.5. The second kappa shape index (κ2) is 8.96. The highest BCUT2D eigenvalue weighted by Gasteiger charge is 2.31. The molecule has 7 heteroatoms. The van der Waals surface area contributed by atoms with Gasteiger partial charge in [0.15, 0.2) is 0 Å². The molecule has 2 rings (SSSR count). The molecular weight excluding hydrogens is 375 g/mol. The summed E-state index contributed by atoms with van der Waals surface area (Å²) in [6.45, 7) is 7.16. The third-order valence-corrected chi connectivity index (χ3v) is 4.74. The fourth-order valence-electron chi connectivity index (χ4n) is 2.97. The predicted octanol–water partition coefficient (Wildman–Crippen LogP) is 4.31.